The largest absolute Gasteiger partial charge is 0.481 e. The van der Waals surface area contributed by atoms with Crippen molar-refractivity contribution in [1.82, 2.24) is 0 Å². The molecular formula is C16H20O8. The molecule has 0 bridgehead atoms. The van der Waals surface area contributed by atoms with Gasteiger partial charge < -0.3 is 20.4 Å². The molecule has 0 aliphatic carbocycles. The fourth-order valence-corrected chi connectivity index (χ4v) is 1.31. The Kier molecular flexibility index (Phi) is 13.0. The maximum atomic E-state index is 10.3. The van der Waals surface area contributed by atoms with Crippen molar-refractivity contribution >= 4 is 23.9 Å². The first-order chi connectivity index (χ1) is 11.2. The molecule has 0 radical (unpaired) electrons. The summed E-state index contributed by atoms with van der Waals surface area (Å²) in [6.45, 7) is 6.00. The molecule has 0 aromatic heterocycles. The van der Waals surface area contributed by atoms with Gasteiger partial charge in [-0.15, -0.1) is 13.2 Å². The van der Waals surface area contributed by atoms with Crippen molar-refractivity contribution in [3.8, 4) is 0 Å². The Bertz CT molecular complexity index is 499. The first kappa shape index (κ1) is 23.1. The zero-order valence-electron chi connectivity index (χ0n) is 13.0. The second-order valence-electron chi connectivity index (χ2n) is 4.18. The van der Waals surface area contributed by atoms with Crippen LogP contribution >= 0.6 is 0 Å². The van der Waals surface area contributed by atoms with Crippen LogP contribution in [-0.4, -0.2) is 44.3 Å². The number of carboxylic acid groups (broad SMARTS) is 4. The molecule has 24 heavy (non-hydrogen) atoms. The number of hydrogen-bond donors (Lipinski definition) is 4. The van der Waals surface area contributed by atoms with Gasteiger partial charge in [0.25, 0.3) is 0 Å². The first-order valence-electron chi connectivity index (χ1n) is 6.74. The van der Waals surface area contributed by atoms with Crippen LogP contribution in [0.5, 0.6) is 0 Å². The number of benzene rings is 1. The quantitative estimate of drug-likeness (QED) is 0.437. The van der Waals surface area contributed by atoms with E-state index in [4.69, 9.17) is 20.4 Å². The number of unbranched alkanes of at least 4 members (excludes halogenated alkanes) is 1. The molecule has 1 aromatic rings. The lowest BCUT2D eigenvalue weighted by Gasteiger charge is -1.94. The van der Waals surface area contributed by atoms with Gasteiger partial charge in [-0.3, -0.25) is 9.59 Å². The van der Waals surface area contributed by atoms with Crippen LogP contribution in [0.2, 0.25) is 0 Å². The summed E-state index contributed by atoms with van der Waals surface area (Å²) in [6, 6.07) is 5.02. The lowest BCUT2D eigenvalue weighted by atomic mass is 10.1. The third-order valence-electron chi connectivity index (χ3n) is 2.41. The van der Waals surface area contributed by atoms with Crippen molar-refractivity contribution in [1.29, 1.82) is 0 Å². The van der Waals surface area contributed by atoms with Crippen LogP contribution in [0.1, 0.15) is 46.4 Å². The van der Waals surface area contributed by atoms with Crippen molar-refractivity contribution in [2.75, 3.05) is 0 Å². The molecule has 0 amide bonds. The molecule has 0 aliphatic heterocycles. The molecule has 0 aliphatic rings. The zero-order chi connectivity index (χ0) is 19.1. The van der Waals surface area contributed by atoms with Crippen molar-refractivity contribution in [2.45, 2.75) is 25.7 Å². The summed E-state index contributed by atoms with van der Waals surface area (Å²) in [5.74, 6) is -3.87. The second kappa shape index (κ2) is 13.5. The van der Waals surface area contributed by atoms with E-state index in [0.29, 0.717) is 12.8 Å². The van der Waals surface area contributed by atoms with Gasteiger partial charge in [-0.25, -0.2) is 9.59 Å². The van der Waals surface area contributed by atoms with Crippen LogP contribution in [0.25, 0.3) is 0 Å². The second-order valence-corrected chi connectivity index (χ2v) is 4.18. The Hall–Kier alpha value is -3.16. The summed E-state index contributed by atoms with van der Waals surface area (Å²) in [5.41, 5.74) is 0.167. The monoisotopic (exact) mass is 340 g/mol. The minimum atomic E-state index is -1.06. The van der Waals surface area contributed by atoms with Gasteiger partial charge in [-0.1, -0.05) is 0 Å². The number of aliphatic carboxylic acids is 2. The number of hydrogen-bond acceptors (Lipinski definition) is 4. The van der Waals surface area contributed by atoms with Crippen molar-refractivity contribution in [2.24, 2.45) is 0 Å². The van der Waals surface area contributed by atoms with Crippen molar-refractivity contribution in [3.63, 3.8) is 0 Å². The normalized spacial score (nSPS) is 8.67. The predicted molar refractivity (Wildman–Crippen MR) is 85.4 cm³/mol. The molecule has 0 heterocycles. The van der Waals surface area contributed by atoms with Crippen LogP contribution in [-0.2, 0) is 9.59 Å². The summed E-state index contributed by atoms with van der Waals surface area (Å²) in [5, 5.41) is 33.2. The van der Waals surface area contributed by atoms with Gasteiger partial charge in [0, 0.05) is 12.8 Å². The topological polar surface area (TPSA) is 149 Å². The summed E-state index contributed by atoms with van der Waals surface area (Å²) in [6.07, 6.45) is 1.02. The Balaban J connectivity index is 0. The van der Waals surface area contributed by atoms with Gasteiger partial charge in [0.05, 0.1) is 11.1 Å². The molecule has 8 nitrogen and oxygen atoms in total. The maximum absolute atomic E-state index is 10.3. The van der Waals surface area contributed by atoms with Crippen LogP contribution in [0.15, 0.2) is 37.4 Å². The van der Waals surface area contributed by atoms with Crippen LogP contribution in [0.4, 0.5) is 0 Å². The highest BCUT2D eigenvalue weighted by Gasteiger charge is 2.04. The average Bonchev–Trinajstić information content (AvgIpc) is 2.54. The zero-order valence-corrected chi connectivity index (χ0v) is 13.0. The predicted octanol–water partition coefficient (Wildman–Crippen LogP) is 2.60. The fraction of sp³-hybridized carbons (Fsp3) is 0.250. The molecule has 0 atom stereocenters. The van der Waals surface area contributed by atoms with Crippen molar-refractivity contribution in [3.05, 3.63) is 48.6 Å². The smallest absolute Gasteiger partial charge is 0.335 e. The minimum Gasteiger partial charge on any atom is -0.481 e. The molecule has 0 saturated heterocycles. The van der Waals surface area contributed by atoms with Gasteiger partial charge in [-0.05, 0) is 37.1 Å². The van der Waals surface area contributed by atoms with E-state index in [0.717, 1.165) is 0 Å². The Morgan fingerprint density at radius 2 is 0.917 bits per heavy atom. The number of carboxylic acids is 4. The highest BCUT2D eigenvalue weighted by atomic mass is 16.4. The molecule has 1 rings (SSSR count). The van der Waals surface area contributed by atoms with Gasteiger partial charge in [-0.2, -0.15) is 0 Å². The van der Waals surface area contributed by atoms with Gasteiger partial charge in [0.15, 0.2) is 0 Å². The molecular weight excluding hydrogens is 320 g/mol. The number of rotatable bonds is 7. The Morgan fingerprint density at radius 3 is 1.08 bits per heavy atom. The minimum absolute atomic E-state index is 0.0628. The molecule has 0 spiro atoms. The summed E-state index contributed by atoms with van der Waals surface area (Å²) in [4.78, 5) is 40.5. The molecule has 0 fully saturated rings. The molecule has 4 N–H and O–H groups in total. The fourth-order valence-electron chi connectivity index (χ4n) is 1.31. The maximum Gasteiger partial charge on any atom is 0.335 e. The van der Waals surface area contributed by atoms with E-state index in [2.05, 4.69) is 13.2 Å². The SMILES string of the molecule is C=C.O=C(O)CCCCC(=O)O.O=C(O)c1ccc(C(=O)O)cc1. The number of aromatic carboxylic acids is 2. The lowest BCUT2D eigenvalue weighted by Crippen LogP contribution is -1.99. The summed E-state index contributed by atoms with van der Waals surface area (Å²) < 4.78 is 0. The van der Waals surface area contributed by atoms with Gasteiger partial charge >= 0.3 is 23.9 Å². The summed E-state index contributed by atoms with van der Waals surface area (Å²) in [7, 11) is 0. The first-order valence-corrected chi connectivity index (χ1v) is 6.74. The Labute approximate surface area is 138 Å². The van der Waals surface area contributed by atoms with Gasteiger partial charge in [0.2, 0.25) is 0 Å². The molecule has 132 valence electrons. The van der Waals surface area contributed by atoms with E-state index >= 15 is 0 Å². The van der Waals surface area contributed by atoms with E-state index in [1.54, 1.807) is 0 Å². The van der Waals surface area contributed by atoms with E-state index in [9.17, 15) is 19.2 Å². The lowest BCUT2D eigenvalue weighted by molar-refractivity contribution is -0.139. The van der Waals surface area contributed by atoms with Crippen LogP contribution in [0.3, 0.4) is 0 Å². The number of carbonyl (C=O) groups is 4. The van der Waals surface area contributed by atoms with E-state index in [-0.39, 0.29) is 24.0 Å². The van der Waals surface area contributed by atoms with Crippen molar-refractivity contribution < 1.29 is 39.6 Å². The highest BCUT2D eigenvalue weighted by Crippen LogP contribution is 2.03. The van der Waals surface area contributed by atoms with E-state index < -0.39 is 23.9 Å². The standard InChI is InChI=1S/C8H6O4.C6H10O4.C2H4/c9-7(10)5-1-2-6(4-3-5)8(11)12;7-5(8)3-1-2-4-6(9)10;1-2/h1-4H,(H,9,10)(H,11,12);1-4H2,(H,7,8)(H,9,10);1-2H2. The van der Waals surface area contributed by atoms with Gasteiger partial charge in [0.1, 0.15) is 0 Å². The van der Waals surface area contributed by atoms with Crippen LogP contribution < -0.4 is 0 Å². The third-order valence-corrected chi connectivity index (χ3v) is 2.41. The molecule has 8 heteroatoms. The summed E-state index contributed by atoms with van der Waals surface area (Å²) >= 11 is 0. The molecule has 1 aromatic carbocycles. The van der Waals surface area contributed by atoms with E-state index in [1.165, 1.54) is 24.3 Å². The van der Waals surface area contributed by atoms with Crippen LogP contribution in [0, 0.1) is 0 Å². The highest BCUT2D eigenvalue weighted by molar-refractivity contribution is 5.91. The third kappa shape index (κ3) is 12.6. The Morgan fingerprint density at radius 1 is 0.667 bits per heavy atom. The average molecular weight is 340 g/mol. The molecule has 0 saturated carbocycles. The molecule has 0 unspecified atom stereocenters. The van der Waals surface area contributed by atoms with E-state index in [1.807, 2.05) is 0 Å².